The van der Waals surface area contributed by atoms with Crippen LogP contribution in [0.25, 0.3) is 20.9 Å². The van der Waals surface area contributed by atoms with Gasteiger partial charge < -0.3 is 48.4 Å². The fraction of sp³-hybridized carbons (Fsp3) is 0.480. The van der Waals surface area contributed by atoms with Crippen molar-refractivity contribution in [1.29, 1.82) is 0 Å². The van der Waals surface area contributed by atoms with Gasteiger partial charge in [-0.1, -0.05) is 102 Å². The molecule has 5 aromatic rings. The first-order valence-electron chi connectivity index (χ1n) is 23.3. The van der Waals surface area contributed by atoms with E-state index >= 15 is 0 Å². The summed E-state index contributed by atoms with van der Waals surface area (Å²) in [6.45, 7) is 7.54. The number of carbonyl (C=O) groups excluding carboxylic acids is 2. The molecule has 2 amide bonds. The molecule has 65 heavy (non-hydrogen) atoms. The van der Waals surface area contributed by atoms with Gasteiger partial charge in [-0.3, -0.25) is 9.59 Å². The number of unbranched alkanes of at least 4 members (excludes halogenated alkanes) is 10. The van der Waals surface area contributed by atoms with E-state index in [0.717, 1.165) is 85.1 Å². The predicted octanol–water partition coefficient (Wildman–Crippen LogP) is 10.4. The van der Waals surface area contributed by atoms with E-state index in [1.165, 1.54) is 46.9 Å². The Balaban J connectivity index is 1.03. The first-order valence-corrected chi connectivity index (χ1v) is 25.9. The maximum absolute atomic E-state index is 14.6. The second-order valence-corrected chi connectivity index (χ2v) is 20.1. The third-order valence-electron chi connectivity index (χ3n) is 13.1. The molecule has 3 aromatic heterocycles. The number of amides is 2. The maximum atomic E-state index is 14.6. The van der Waals surface area contributed by atoms with Crippen LogP contribution >= 0.6 is 34.0 Å². The van der Waals surface area contributed by atoms with Crippen LogP contribution in [-0.2, 0) is 20.8 Å². The van der Waals surface area contributed by atoms with E-state index in [1.807, 2.05) is 36.4 Å². The lowest BCUT2D eigenvalue weighted by molar-refractivity contribution is -0.132. The quantitative estimate of drug-likeness (QED) is 0.0817. The molecule has 12 nitrogen and oxygen atoms in total. The lowest BCUT2D eigenvalue weighted by Gasteiger charge is -2.25. The Morgan fingerprint density at radius 3 is 1.34 bits per heavy atom. The summed E-state index contributed by atoms with van der Waals surface area (Å²) in [6, 6.07) is 11.6. The first kappa shape index (κ1) is 44.1. The number of anilines is 2. The number of hydrogen-bond acceptors (Lipinski definition) is 13. The number of thiophene rings is 3. The third kappa shape index (κ3) is 7.55. The van der Waals surface area contributed by atoms with Crippen LogP contribution in [-0.4, -0.2) is 74.8 Å². The number of aliphatic hydroxyl groups is 2. The number of ether oxygens (including phenoxy) is 6. The van der Waals surface area contributed by atoms with Gasteiger partial charge in [-0.05, 0) is 36.1 Å². The molecule has 0 fully saturated rings. The standard InChI is InChI=1S/C50H56N2O10S3/c1-3-5-7-9-11-13-19-51-35-27-31(15-17-33(35)49(55,47(51)53)45-39-37(29-63-45)57-21-23-59-39)43-41-42(62-26-25-61-41)44(65-43)32-16-18-34-36(28-32)52(20-14-12-10-8-6-4-2)48(54)50(34,56)46-40-38(30-64-46)58-22-24-60-40/h15-18,27-30,55-56H,3-14,19-26H2,1-2H3. The van der Waals surface area contributed by atoms with Crippen LogP contribution in [0.4, 0.5) is 11.4 Å². The molecule has 0 aliphatic carbocycles. The molecule has 10 rings (SSSR count). The van der Waals surface area contributed by atoms with Gasteiger partial charge in [0.25, 0.3) is 11.8 Å². The van der Waals surface area contributed by atoms with Crippen LogP contribution in [0, 0.1) is 0 Å². The molecule has 5 aliphatic heterocycles. The molecule has 8 heterocycles. The summed E-state index contributed by atoms with van der Waals surface area (Å²) in [6.07, 6.45) is 12.7. The number of rotatable bonds is 18. The fourth-order valence-electron chi connectivity index (χ4n) is 9.78. The normalized spacial score (nSPS) is 20.4. The average molecular weight is 941 g/mol. The fourth-order valence-corrected chi connectivity index (χ4v) is 13.0. The highest BCUT2D eigenvalue weighted by molar-refractivity contribution is 7.19. The van der Waals surface area contributed by atoms with Crippen molar-refractivity contribution in [3.63, 3.8) is 0 Å². The highest BCUT2D eigenvalue weighted by Gasteiger charge is 2.56. The molecule has 0 saturated heterocycles. The average Bonchev–Trinajstić information content (AvgIpc) is 4.15. The zero-order chi connectivity index (χ0) is 44.7. The minimum absolute atomic E-state index is 0.335. The number of fused-ring (bicyclic) bond motifs is 5. The van der Waals surface area contributed by atoms with E-state index in [-0.39, 0.29) is 0 Å². The van der Waals surface area contributed by atoms with Crippen molar-refractivity contribution in [2.45, 2.75) is 102 Å². The second kappa shape index (κ2) is 18.5. The number of carbonyl (C=O) groups is 2. The molecule has 2 atom stereocenters. The van der Waals surface area contributed by atoms with Gasteiger partial charge in [0.15, 0.2) is 34.5 Å². The first-order chi connectivity index (χ1) is 31.8. The molecule has 2 unspecified atom stereocenters. The summed E-state index contributed by atoms with van der Waals surface area (Å²) >= 11 is 4.07. The van der Waals surface area contributed by atoms with Gasteiger partial charge in [-0.25, -0.2) is 0 Å². The van der Waals surface area contributed by atoms with Crippen molar-refractivity contribution in [3.05, 3.63) is 68.0 Å². The number of benzene rings is 2. The van der Waals surface area contributed by atoms with Gasteiger partial charge in [0, 0.05) is 35.0 Å². The van der Waals surface area contributed by atoms with Crippen LogP contribution in [0.5, 0.6) is 34.5 Å². The molecule has 0 radical (unpaired) electrons. The van der Waals surface area contributed by atoms with E-state index in [4.69, 9.17) is 28.4 Å². The number of nitrogens with zero attached hydrogens (tertiary/aromatic N) is 2. The van der Waals surface area contributed by atoms with Gasteiger partial charge in [0.2, 0.25) is 11.2 Å². The topological polar surface area (TPSA) is 136 Å². The summed E-state index contributed by atoms with van der Waals surface area (Å²) in [7, 11) is 0. The van der Waals surface area contributed by atoms with Crippen molar-refractivity contribution in [2.75, 3.05) is 62.5 Å². The molecule has 0 spiro atoms. The van der Waals surface area contributed by atoms with Crippen LogP contribution in [0.3, 0.4) is 0 Å². The van der Waals surface area contributed by atoms with E-state index in [0.29, 0.717) is 119 Å². The van der Waals surface area contributed by atoms with Crippen LogP contribution < -0.4 is 38.2 Å². The third-order valence-corrected chi connectivity index (χ3v) is 16.5. The molecule has 2 aromatic carbocycles. The summed E-state index contributed by atoms with van der Waals surface area (Å²) < 4.78 is 36.5. The Hall–Kier alpha value is -4.80. The van der Waals surface area contributed by atoms with Crippen molar-refractivity contribution >= 4 is 57.2 Å². The highest BCUT2D eigenvalue weighted by atomic mass is 32.1. The molecular formula is C50H56N2O10S3. The van der Waals surface area contributed by atoms with E-state index in [9.17, 15) is 19.8 Å². The lowest BCUT2D eigenvalue weighted by atomic mass is 9.92. The zero-order valence-electron chi connectivity index (χ0n) is 37.0. The van der Waals surface area contributed by atoms with Crippen molar-refractivity contribution in [2.24, 2.45) is 0 Å². The van der Waals surface area contributed by atoms with Gasteiger partial charge in [-0.15, -0.1) is 34.0 Å². The molecule has 2 N–H and O–H groups in total. The summed E-state index contributed by atoms with van der Waals surface area (Å²) in [5, 5.41) is 28.9. The Morgan fingerprint density at radius 2 is 0.908 bits per heavy atom. The lowest BCUT2D eigenvalue weighted by Crippen LogP contribution is -2.41. The minimum Gasteiger partial charge on any atom is -0.485 e. The van der Waals surface area contributed by atoms with Gasteiger partial charge in [0.05, 0.1) is 30.9 Å². The van der Waals surface area contributed by atoms with E-state index in [2.05, 4.69) is 13.8 Å². The maximum Gasteiger partial charge on any atom is 0.269 e. The van der Waals surface area contributed by atoms with Gasteiger partial charge in [0.1, 0.15) is 39.6 Å². The largest absolute Gasteiger partial charge is 0.485 e. The van der Waals surface area contributed by atoms with Crippen molar-refractivity contribution in [1.82, 2.24) is 0 Å². The molecule has 0 saturated carbocycles. The van der Waals surface area contributed by atoms with Gasteiger partial charge >= 0.3 is 0 Å². The molecule has 5 aliphatic rings. The minimum atomic E-state index is -1.94. The van der Waals surface area contributed by atoms with E-state index in [1.54, 1.807) is 20.6 Å². The highest BCUT2D eigenvalue weighted by Crippen LogP contribution is 2.59. The van der Waals surface area contributed by atoms with Crippen LogP contribution in [0.15, 0.2) is 47.2 Å². The van der Waals surface area contributed by atoms with Crippen molar-refractivity contribution in [3.8, 4) is 55.4 Å². The summed E-state index contributed by atoms with van der Waals surface area (Å²) in [5.74, 6) is 2.35. The Labute approximate surface area is 391 Å². The van der Waals surface area contributed by atoms with E-state index < -0.39 is 23.0 Å². The Morgan fingerprint density at radius 1 is 0.523 bits per heavy atom. The van der Waals surface area contributed by atoms with Gasteiger partial charge in [-0.2, -0.15) is 0 Å². The summed E-state index contributed by atoms with van der Waals surface area (Å²) in [4.78, 5) is 35.3. The summed E-state index contributed by atoms with van der Waals surface area (Å²) in [5.41, 5.74) is 0.0535. The van der Waals surface area contributed by atoms with Crippen LogP contribution in [0.1, 0.15) is 112 Å². The molecule has 344 valence electrons. The Bertz CT molecular complexity index is 2410. The molecule has 0 bridgehead atoms. The zero-order valence-corrected chi connectivity index (χ0v) is 39.5. The molecule has 15 heteroatoms. The number of hydrogen-bond donors (Lipinski definition) is 2. The second-order valence-electron chi connectivity index (χ2n) is 17.4. The van der Waals surface area contributed by atoms with Crippen LogP contribution in [0.2, 0.25) is 0 Å². The van der Waals surface area contributed by atoms with Crippen molar-refractivity contribution < 1.29 is 48.2 Å². The Kier molecular flexibility index (Phi) is 12.5. The molecular weight excluding hydrogens is 885 g/mol. The predicted molar refractivity (Wildman–Crippen MR) is 254 cm³/mol. The SMILES string of the molecule is CCCCCCCCN1C(=O)C(O)(c2scc3c2OCCO3)c2ccc(-c3sc(-c4ccc5c(c4)N(CCCCCCCC)C(=O)C5(O)c4scc5c4OCCO5)c4c3OCCO4)cc21. The smallest absolute Gasteiger partial charge is 0.269 e. The monoisotopic (exact) mass is 940 g/mol.